The van der Waals surface area contributed by atoms with Gasteiger partial charge < -0.3 is 15.4 Å². The highest BCUT2D eigenvalue weighted by Crippen LogP contribution is 2.38. The van der Waals surface area contributed by atoms with Crippen molar-refractivity contribution in [3.05, 3.63) is 47.1 Å². The molecule has 0 saturated heterocycles. The molecule has 5 heteroatoms. The predicted molar refractivity (Wildman–Crippen MR) is 64.9 cm³/mol. The van der Waals surface area contributed by atoms with Crippen molar-refractivity contribution in [1.29, 1.82) is 0 Å². The number of nitrogens with zero attached hydrogens (tertiary/aromatic N) is 2. The minimum absolute atomic E-state index is 0.198. The van der Waals surface area contributed by atoms with E-state index in [4.69, 9.17) is 10.3 Å². The summed E-state index contributed by atoms with van der Waals surface area (Å²) in [6, 6.07) is 8.23. The van der Waals surface area contributed by atoms with E-state index < -0.39 is 6.10 Å². The Kier molecular flexibility index (Phi) is 2.85. The van der Waals surface area contributed by atoms with Crippen LogP contribution in [0.3, 0.4) is 0 Å². The molecule has 0 bridgehead atoms. The monoisotopic (exact) mass is 245 g/mol. The van der Waals surface area contributed by atoms with Gasteiger partial charge >= 0.3 is 0 Å². The Morgan fingerprint density at radius 1 is 1.44 bits per heavy atom. The van der Waals surface area contributed by atoms with Gasteiger partial charge in [-0.2, -0.15) is 4.98 Å². The second-order valence-electron chi connectivity index (χ2n) is 4.54. The molecule has 1 aromatic carbocycles. The summed E-state index contributed by atoms with van der Waals surface area (Å²) in [5.41, 5.74) is 7.96. The maximum atomic E-state index is 9.73. The maximum Gasteiger partial charge on any atom is 0.255 e. The van der Waals surface area contributed by atoms with Crippen LogP contribution in [0, 0.1) is 0 Å². The molecule has 2 aromatic rings. The molecule has 5 nitrogen and oxygen atoms in total. The van der Waals surface area contributed by atoms with Crippen LogP contribution >= 0.6 is 0 Å². The summed E-state index contributed by atoms with van der Waals surface area (Å²) in [5, 5.41) is 13.7. The Morgan fingerprint density at radius 2 is 2.28 bits per heavy atom. The molecular weight excluding hydrogens is 230 g/mol. The lowest BCUT2D eigenvalue weighted by Crippen LogP contribution is -2.19. The van der Waals surface area contributed by atoms with Crippen LogP contribution in [-0.4, -0.2) is 21.8 Å². The van der Waals surface area contributed by atoms with E-state index in [1.54, 1.807) is 0 Å². The Labute approximate surface area is 105 Å². The highest BCUT2D eigenvalue weighted by atomic mass is 16.5. The summed E-state index contributed by atoms with van der Waals surface area (Å²) >= 11 is 0. The van der Waals surface area contributed by atoms with E-state index in [1.807, 2.05) is 12.1 Å². The Hall–Kier alpha value is -1.72. The van der Waals surface area contributed by atoms with Crippen molar-refractivity contribution in [3.63, 3.8) is 0 Å². The molecule has 0 aliphatic heterocycles. The molecule has 94 valence electrons. The molecular formula is C13H15N3O2. The SMILES string of the molecule is NCCC(O)c1nc(C2Cc3ccccc32)no1. The second-order valence-corrected chi connectivity index (χ2v) is 4.54. The molecule has 2 atom stereocenters. The normalized spacial score (nSPS) is 19.1. The third-order valence-electron chi connectivity index (χ3n) is 3.35. The van der Waals surface area contributed by atoms with E-state index in [0.29, 0.717) is 18.8 Å². The van der Waals surface area contributed by atoms with E-state index in [1.165, 1.54) is 11.1 Å². The van der Waals surface area contributed by atoms with Crippen LogP contribution in [0.15, 0.2) is 28.8 Å². The van der Waals surface area contributed by atoms with Gasteiger partial charge in [0.05, 0.1) is 5.92 Å². The molecule has 18 heavy (non-hydrogen) atoms. The third-order valence-corrected chi connectivity index (χ3v) is 3.35. The van der Waals surface area contributed by atoms with Crippen molar-refractivity contribution < 1.29 is 9.63 Å². The summed E-state index contributed by atoms with van der Waals surface area (Å²) in [5.74, 6) is 1.11. The van der Waals surface area contributed by atoms with Crippen LogP contribution in [0.25, 0.3) is 0 Å². The first-order valence-corrected chi connectivity index (χ1v) is 6.09. The molecule has 1 aliphatic rings. The van der Waals surface area contributed by atoms with E-state index in [2.05, 4.69) is 22.3 Å². The lowest BCUT2D eigenvalue weighted by Gasteiger charge is -2.27. The maximum absolute atomic E-state index is 9.73. The molecule has 1 aliphatic carbocycles. The molecule has 0 fully saturated rings. The second kappa shape index (κ2) is 4.51. The summed E-state index contributed by atoms with van der Waals surface area (Å²) in [6.45, 7) is 0.394. The molecule has 1 aromatic heterocycles. The van der Waals surface area contributed by atoms with Crippen LogP contribution in [0.4, 0.5) is 0 Å². The molecule has 3 N–H and O–H groups in total. The number of hydrogen-bond donors (Lipinski definition) is 2. The Morgan fingerprint density at radius 3 is 3.06 bits per heavy atom. The van der Waals surface area contributed by atoms with Crippen LogP contribution in [0.5, 0.6) is 0 Å². The van der Waals surface area contributed by atoms with Gasteiger partial charge in [0.2, 0.25) is 0 Å². The van der Waals surface area contributed by atoms with Crippen LogP contribution in [0.1, 0.15) is 41.3 Å². The van der Waals surface area contributed by atoms with Crippen LogP contribution < -0.4 is 5.73 Å². The molecule has 1 heterocycles. The van der Waals surface area contributed by atoms with Gasteiger partial charge in [0.1, 0.15) is 6.10 Å². The number of aromatic nitrogens is 2. The number of nitrogens with two attached hydrogens (primary N) is 1. The topological polar surface area (TPSA) is 85.2 Å². The van der Waals surface area contributed by atoms with E-state index in [9.17, 15) is 5.11 Å². The molecule has 2 unspecified atom stereocenters. The number of aliphatic hydroxyl groups excluding tert-OH is 1. The molecule has 0 spiro atoms. The van der Waals surface area contributed by atoms with Gasteiger partial charge in [-0.3, -0.25) is 0 Å². The van der Waals surface area contributed by atoms with Crippen molar-refractivity contribution in [3.8, 4) is 0 Å². The van der Waals surface area contributed by atoms with Crippen molar-refractivity contribution >= 4 is 0 Å². The average molecular weight is 245 g/mol. The van der Waals surface area contributed by atoms with Gasteiger partial charge in [-0.15, -0.1) is 0 Å². The minimum Gasteiger partial charge on any atom is -0.383 e. The number of hydrogen-bond acceptors (Lipinski definition) is 5. The molecule has 3 rings (SSSR count). The summed E-state index contributed by atoms with van der Waals surface area (Å²) in [4.78, 5) is 4.27. The van der Waals surface area contributed by atoms with Crippen molar-refractivity contribution in [2.45, 2.75) is 24.9 Å². The van der Waals surface area contributed by atoms with E-state index in [0.717, 1.165) is 6.42 Å². The quantitative estimate of drug-likeness (QED) is 0.843. The fourth-order valence-electron chi connectivity index (χ4n) is 2.29. The van der Waals surface area contributed by atoms with Gasteiger partial charge in [0, 0.05) is 0 Å². The van der Waals surface area contributed by atoms with Crippen LogP contribution in [-0.2, 0) is 6.42 Å². The summed E-state index contributed by atoms with van der Waals surface area (Å²) in [7, 11) is 0. The zero-order valence-corrected chi connectivity index (χ0v) is 9.91. The van der Waals surface area contributed by atoms with Gasteiger partial charge in [0.15, 0.2) is 5.82 Å². The lowest BCUT2D eigenvalue weighted by molar-refractivity contribution is 0.127. The van der Waals surface area contributed by atoms with Crippen molar-refractivity contribution in [2.24, 2.45) is 5.73 Å². The number of rotatable bonds is 4. The van der Waals surface area contributed by atoms with Gasteiger partial charge in [-0.1, -0.05) is 29.4 Å². The predicted octanol–water partition coefficient (Wildman–Crippen LogP) is 1.14. The fraction of sp³-hybridized carbons (Fsp3) is 0.385. The first-order chi connectivity index (χ1) is 8.79. The van der Waals surface area contributed by atoms with Gasteiger partial charge in [0.25, 0.3) is 5.89 Å². The smallest absolute Gasteiger partial charge is 0.255 e. The lowest BCUT2D eigenvalue weighted by atomic mass is 9.77. The standard InChI is InChI=1S/C13H15N3O2/c14-6-5-11(17)13-15-12(16-18-13)10-7-8-3-1-2-4-9(8)10/h1-4,10-11,17H,5-7,14H2. The van der Waals surface area contributed by atoms with Gasteiger partial charge in [-0.25, -0.2) is 0 Å². The molecule has 0 radical (unpaired) electrons. The average Bonchev–Trinajstić information content (AvgIpc) is 2.80. The van der Waals surface area contributed by atoms with E-state index in [-0.39, 0.29) is 11.8 Å². The summed E-state index contributed by atoms with van der Waals surface area (Å²) < 4.78 is 5.08. The first kappa shape index (κ1) is 11.4. The Balaban J connectivity index is 1.80. The van der Waals surface area contributed by atoms with Crippen molar-refractivity contribution in [2.75, 3.05) is 6.54 Å². The minimum atomic E-state index is -0.758. The number of aliphatic hydroxyl groups is 1. The highest BCUT2D eigenvalue weighted by Gasteiger charge is 2.31. The zero-order valence-electron chi connectivity index (χ0n) is 9.91. The number of benzene rings is 1. The van der Waals surface area contributed by atoms with Crippen LogP contribution in [0.2, 0.25) is 0 Å². The van der Waals surface area contributed by atoms with Crippen molar-refractivity contribution in [1.82, 2.24) is 10.1 Å². The molecule has 0 saturated carbocycles. The fourth-order valence-corrected chi connectivity index (χ4v) is 2.29. The third kappa shape index (κ3) is 1.81. The Bertz CT molecular complexity index is 553. The highest BCUT2D eigenvalue weighted by molar-refractivity contribution is 5.43. The number of fused-ring (bicyclic) bond motifs is 1. The zero-order chi connectivity index (χ0) is 12.5. The largest absolute Gasteiger partial charge is 0.383 e. The van der Waals surface area contributed by atoms with Gasteiger partial charge in [-0.05, 0) is 30.5 Å². The first-order valence-electron chi connectivity index (χ1n) is 6.09. The molecule has 0 amide bonds. The van der Waals surface area contributed by atoms with E-state index >= 15 is 0 Å². The summed E-state index contributed by atoms with van der Waals surface area (Å²) in [6.07, 6.45) is 0.608.